The van der Waals surface area contributed by atoms with Crippen LogP contribution in [-0.2, 0) is 6.54 Å². The van der Waals surface area contributed by atoms with E-state index in [2.05, 4.69) is 47.4 Å². The summed E-state index contributed by atoms with van der Waals surface area (Å²) in [5, 5.41) is 6.67. The summed E-state index contributed by atoms with van der Waals surface area (Å²) in [6, 6.07) is 8.57. The van der Waals surface area contributed by atoms with Gasteiger partial charge in [0.05, 0.1) is 7.11 Å². The molecule has 2 N–H and O–H groups in total. The molecule has 0 radical (unpaired) electrons. The predicted octanol–water partition coefficient (Wildman–Crippen LogP) is 2.09. The third kappa shape index (κ3) is 5.93. The first kappa shape index (κ1) is 18.3. The molecule has 0 spiro atoms. The lowest BCUT2D eigenvalue weighted by Crippen LogP contribution is -2.42. The van der Waals surface area contributed by atoms with Crippen molar-refractivity contribution in [2.75, 3.05) is 33.8 Å². The standard InChI is InChI=1S/C17H30N4O/c1-6-21(14(2)3)12-11-19-17(18-4)20-13-15-9-7-8-10-16(15)22-5/h7-10,14H,6,11-13H2,1-5H3,(H2,18,19,20). The number of likely N-dealkylation sites (N-methyl/N-ethyl adjacent to an activating group) is 1. The second-order valence-corrected chi connectivity index (χ2v) is 5.39. The number of ether oxygens (including phenoxy) is 1. The van der Waals surface area contributed by atoms with Gasteiger partial charge in [-0.3, -0.25) is 9.89 Å². The number of aliphatic imine (C=N–C) groups is 1. The minimum atomic E-state index is 0.565. The second-order valence-electron chi connectivity index (χ2n) is 5.39. The zero-order valence-corrected chi connectivity index (χ0v) is 14.5. The molecule has 0 fully saturated rings. The molecule has 0 saturated carbocycles. The summed E-state index contributed by atoms with van der Waals surface area (Å²) in [6.45, 7) is 10.3. The molecule has 22 heavy (non-hydrogen) atoms. The maximum absolute atomic E-state index is 5.36. The van der Waals surface area contributed by atoms with Crippen LogP contribution in [0.2, 0.25) is 0 Å². The van der Waals surface area contributed by atoms with Gasteiger partial charge in [0.1, 0.15) is 5.75 Å². The number of benzene rings is 1. The van der Waals surface area contributed by atoms with Crippen LogP contribution in [0.4, 0.5) is 0 Å². The molecule has 0 aromatic heterocycles. The summed E-state index contributed by atoms with van der Waals surface area (Å²) >= 11 is 0. The first-order valence-electron chi connectivity index (χ1n) is 7.92. The van der Waals surface area contributed by atoms with E-state index in [1.807, 2.05) is 18.2 Å². The largest absolute Gasteiger partial charge is 0.496 e. The van der Waals surface area contributed by atoms with Crippen molar-refractivity contribution in [2.24, 2.45) is 4.99 Å². The summed E-state index contributed by atoms with van der Waals surface area (Å²) in [6.07, 6.45) is 0. The molecule has 0 bridgehead atoms. The van der Waals surface area contributed by atoms with Gasteiger partial charge in [-0.1, -0.05) is 25.1 Å². The fourth-order valence-electron chi connectivity index (χ4n) is 2.35. The fourth-order valence-corrected chi connectivity index (χ4v) is 2.35. The number of rotatable bonds is 8. The van der Waals surface area contributed by atoms with E-state index in [4.69, 9.17) is 4.74 Å². The number of para-hydroxylation sites is 1. The topological polar surface area (TPSA) is 48.9 Å². The highest BCUT2D eigenvalue weighted by Crippen LogP contribution is 2.16. The molecule has 5 nitrogen and oxygen atoms in total. The lowest BCUT2D eigenvalue weighted by molar-refractivity contribution is 0.237. The molecular weight excluding hydrogens is 276 g/mol. The van der Waals surface area contributed by atoms with Crippen LogP contribution in [0.3, 0.4) is 0 Å². The molecule has 124 valence electrons. The minimum Gasteiger partial charge on any atom is -0.496 e. The maximum atomic E-state index is 5.36. The first-order valence-corrected chi connectivity index (χ1v) is 7.92. The molecular formula is C17H30N4O. The smallest absolute Gasteiger partial charge is 0.191 e. The molecule has 0 aliphatic heterocycles. The van der Waals surface area contributed by atoms with Crippen molar-refractivity contribution in [1.82, 2.24) is 15.5 Å². The zero-order chi connectivity index (χ0) is 16.4. The minimum absolute atomic E-state index is 0.565. The van der Waals surface area contributed by atoms with E-state index >= 15 is 0 Å². The van der Waals surface area contributed by atoms with Crippen LogP contribution in [-0.4, -0.2) is 50.7 Å². The zero-order valence-electron chi connectivity index (χ0n) is 14.5. The number of nitrogens with zero attached hydrogens (tertiary/aromatic N) is 2. The van der Waals surface area contributed by atoms with Crippen LogP contribution in [0, 0.1) is 0 Å². The third-order valence-corrected chi connectivity index (χ3v) is 3.69. The van der Waals surface area contributed by atoms with Gasteiger partial charge < -0.3 is 15.4 Å². The van der Waals surface area contributed by atoms with Gasteiger partial charge in [0.2, 0.25) is 0 Å². The highest BCUT2D eigenvalue weighted by atomic mass is 16.5. The highest BCUT2D eigenvalue weighted by Gasteiger charge is 2.07. The molecule has 0 aliphatic rings. The van der Waals surface area contributed by atoms with Gasteiger partial charge in [-0.2, -0.15) is 0 Å². The predicted molar refractivity (Wildman–Crippen MR) is 93.6 cm³/mol. The summed E-state index contributed by atoms with van der Waals surface area (Å²) in [5.74, 6) is 1.70. The molecule has 1 aromatic carbocycles. The van der Waals surface area contributed by atoms with Crippen LogP contribution in [0.25, 0.3) is 0 Å². The SMILES string of the molecule is CCN(CCNC(=NC)NCc1ccccc1OC)C(C)C. The van der Waals surface area contributed by atoms with Crippen molar-refractivity contribution in [3.05, 3.63) is 29.8 Å². The van der Waals surface area contributed by atoms with E-state index in [9.17, 15) is 0 Å². The summed E-state index contributed by atoms with van der Waals surface area (Å²) in [5.41, 5.74) is 1.12. The van der Waals surface area contributed by atoms with Crippen molar-refractivity contribution < 1.29 is 4.74 Å². The van der Waals surface area contributed by atoms with E-state index < -0.39 is 0 Å². The summed E-state index contributed by atoms with van der Waals surface area (Å²) in [4.78, 5) is 6.68. The number of methoxy groups -OCH3 is 1. The lowest BCUT2D eigenvalue weighted by Gasteiger charge is -2.25. The normalized spacial score (nSPS) is 11.9. The van der Waals surface area contributed by atoms with Crippen molar-refractivity contribution in [3.63, 3.8) is 0 Å². The van der Waals surface area contributed by atoms with Gasteiger partial charge >= 0.3 is 0 Å². The maximum Gasteiger partial charge on any atom is 0.191 e. The molecule has 0 unspecified atom stereocenters. The van der Waals surface area contributed by atoms with Gasteiger partial charge in [-0.05, 0) is 26.5 Å². The van der Waals surface area contributed by atoms with Crippen molar-refractivity contribution >= 4 is 5.96 Å². The van der Waals surface area contributed by atoms with E-state index in [1.165, 1.54) is 0 Å². The van der Waals surface area contributed by atoms with Crippen LogP contribution in [0.15, 0.2) is 29.3 Å². The van der Waals surface area contributed by atoms with Crippen LogP contribution in [0.1, 0.15) is 26.3 Å². The molecule has 0 saturated heterocycles. The second kappa shape index (κ2) is 10.1. The van der Waals surface area contributed by atoms with Crippen molar-refractivity contribution in [1.29, 1.82) is 0 Å². The monoisotopic (exact) mass is 306 g/mol. The molecule has 5 heteroatoms. The van der Waals surface area contributed by atoms with Gasteiger partial charge in [0, 0.05) is 38.3 Å². The quantitative estimate of drug-likeness (QED) is 0.570. The number of hydrogen-bond donors (Lipinski definition) is 2. The Morgan fingerprint density at radius 1 is 1.27 bits per heavy atom. The Bertz CT molecular complexity index is 460. The molecule has 1 aromatic rings. The van der Waals surface area contributed by atoms with Gasteiger partial charge in [0.15, 0.2) is 5.96 Å². The van der Waals surface area contributed by atoms with Crippen LogP contribution in [0.5, 0.6) is 5.75 Å². The Morgan fingerprint density at radius 2 is 2.00 bits per heavy atom. The number of guanidine groups is 1. The Hall–Kier alpha value is -1.75. The highest BCUT2D eigenvalue weighted by molar-refractivity contribution is 5.79. The average Bonchev–Trinajstić information content (AvgIpc) is 2.54. The Balaban J connectivity index is 2.43. The Kier molecular flexibility index (Phi) is 8.36. The van der Waals surface area contributed by atoms with E-state index in [1.54, 1.807) is 14.2 Å². The molecule has 0 amide bonds. The van der Waals surface area contributed by atoms with Crippen molar-refractivity contribution in [3.8, 4) is 5.75 Å². The van der Waals surface area contributed by atoms with Crippen LogP contribution < -0.4 is 15.4 Å². The lowest BCUT2D eigenvalue weighted by atomic mass is 10.2. The van der Waals surface area contributed by atoms with Crippen molar-refractivity contribution in [2.45, 2.75) is 33.4 Å². The van der Waals surface area contributed by atoms with Crippen LogP contribution >= 0.6 is 0 Å². The summed E-state index contributed by atoms with van der Waals surface area (Å²) < 4.78 is 5.36. The van der Waals surface area contributed by atoms with E-state index in [0.717, 1.165) is 36.9 Å². The fraction of sp³-hybridized carbons (Fsp3) is 0.588. The molecule has 0 atom stereocenters. The van der Waals surface area contributed by atoms with Gasteiger partial charge in [0.25, 0.3) is 0 Å². The number of nitrogens with one attached hydrogen (secondary N) is 2. The molecule has 1 rings (SSSR count). The summed E-state index contributed by atoms with van der Waals surface area (Å²) in [7, 11) is 3.48. The van der Waals surface area contributed by atoms with E-state index in [-0.39, 0.29) is 0 Å². The van der Waals surface area contributed by atoms with Gasteiger partial charge in [-0.25, -0.2) is 0 Å². The van der Waals surface area contributed by atoms with Gasteiger partial charge in [-0.15, -0.1) is 0 Å². The molecule has 0 aliphatic carbocycles. The van der Waals surface area contributed by atoms with E-state index in [0.29, 0.717) is 12.6 Å². The number of hydrogen-bond acceptors (Lipinski definition) is 3. The molecule has 0 heterocycles. The first-order chi connectivity index (χ1) is 10.6. The Labute approximate surface area is 134 Å². The third-order valence-electron chi connectivity index (χ3n) is 3.69. The average molecular weight is 306 g/mol. The Morgan fingerprint density at radius 3 is 2.59 bits per heavy atom.